The predicted molar refractivity (Wildman–Crippen MR) is 290 cm³/mol. The molecule has 2 aliphatic rings. The van der Waals surface area contributed by atoms with Crippen molar-refractivity contribution in [3.05, 3.63) is 267 Å². The van der Waals surface area contributed by atoms with Crippen LogP contribution in [0.3, 0.4) is 0 Å². The molecule has 9 aromatic carbocycles. The minimum Gasteiger partial charge on any atom is -0.306 e. The van der Waals surface area contributed by atoms with Crippen molar-refractivity contribution in [3.63, 3.8) is 0 Å². The van der Waals surface area contributed by atoms with Crippen LogP contribution in [-0.2, 0) is 0 Å². The summed E-state index contributed by atoms with van der Waals surface area (Å²) < 4.78 is 0. The summed E-state index contributed by atoms with van der Waals surface area (Å²) in [5.41, 5.74) is 20.2. The first-order valence-electron chi connectivity index (χ1n) is 23.7. The highest BCUT2D eigenvalue weighted by Gasteiger charge is 2.39. The van der Waals surface area contributed by atoms with Crippen molar-refractivity contribution in [2.45, 2.75) is 0 Å². The Morgan fingerprint density at radius 3 is 0.914 bits per heavy atom. The van der Waals surface area contributed by atoms with E-state index in [0.717, 1.165) is 113 Å². The van der Waals surface area contributed by atoms with Crippen molar-refractivity contribution in [3.8, 4) is 44.9 Å². The van der Waals surface area contributed by atoms with Crippen LogP contribution in [0.5, 0.6) is 0 Å². The number of aromatic nitrogens is 2. The molecule has 0 amide bonds. The van der Waals surface area contributed by atoms with Gasteiger partial charge in [-0.25, -0.2) is 4.98 Å². The summed E-state index contributed by atoms with van der Waals surface area (Å²) in [4.78, 5) is 20.5. The van der Waals surface area contributed by atoms with Crippen LogP contribution in [0.15, 0.2) is 267 Å². The predicted octanol–water partition coefficient (Wildman–Crippen LogP) is 17.7. The SMILES string of the molecule is c1ccc(-c2nc(-c3ccccc3)c(N3c4ccccc4N(c4ccccc4)c4ccccc43)c(-c3ccc(-c4ccccn4)cc3)c2N2c3ccccc3N(c3ccccc3)c3ccccc32)cc1. The van der Waals surface area contributed by atoms with E-state index >= 15 is 0 Å². The molecule has 0 atom stereocenters. The number of para-hydroxylation sites is 10. The van der Waals surface area contributed by atoms with E-state index in [9.17, 15) is 0 Å². The molecule has 13 rings (SSSR count). The molecule has 0 saturated heterocycles. The molecule has 0 spiro atoms. The lowest BCUT2D eigenvalue weighted by atomic mass is 9.90. The summed E-state index contributed by atoms with van der Waals surface area (Å²) in [6.45, 7) is 0. The summed E-state index contributed by atoms with van der Waals surface area (Å²) in [6, 6.07) is 92.8. The molecule has 0 radical (unpaired) electrons. The number of pyridine rings is 2. The van der Waals surface area contributed by atoms with Gasteiger partial charge in [0.25, 0.3) is 0 Å². The minimum atomic E-state index is 0.856. The Morgan fingerprint density at radius 2 is 0.557 bits per heavy atom. The van der Waals surface area contributed by atoms with Crippen molar-refractivity contribution in [2.24, 2.45) is 0 Å². The second-order valence-electron chi connectivity index (χ2n) is 17.4. The number of rotatable bonds is 8. The molecule has 70 heavy (non-hydrogen) atoms. The first-order chi connectivity index (χ1) is 34.8. The molecule has 11 aromatic rings. The lowest BCUT2D eigenvalue weighted by molar-refractivity contribution is 1.14. The van der Waals surface area contributed by atoms with Crippen molar-refractivity contribution in [1.29, 1.82) is 0 Å². The van der Waals surface area contributed by atoms with Gasteiger partial charge in [0.2, 0.25) is 0 Å². The summed E-state index contributed by atoms with van der Waals surface area (Å²) in [5, 5.41) is 0. The maximum Gasteiger partial charge on any atom is 0.0958 e. The summed E-state index contributed by atoms with van der Waals surface area (Å²) in [7, 11) is 0. The van der Waals surface area contributed by atoms with Crippen LogP contribution in [0.4, 0.5) is 68.2 Å². The minimum absolute atomic E-state index is 0.856. The van der Waals surface area contributed by atoms with Crippen LogP contribution in [0.1, 0.15) is 0 Å². The Hall–Kier alpha value is -9.52. The number of nitrogens with zero attached hydrogens (tertiary/aromatic N) is 6. The largest absolute Gasteiger partial charge is 0.306 e. The van der Waals surface area contributed by atoms with E-state index in [2.05, 4.69) is 268 Å². The van der Waals surface area contributed by atoms with E-state index in [1.807, 2.05) is 18.3 Å². The third kappa shape index (κ3) is 6.81. The number of anilines is 12. The molecule has 0 N–H and O–H groups in total. The van der Waals surface area contributed by atoms with E-state index in [4.69, 9.17) is 9.97 Å². The van der Waals surface area contributed by atoms with Gasteiger partial charge < -0.3 is 19.6 Å². The zero-order valence-electron chi connectivity index (χ0n) is 38.1. The van der Waals surface area contributed by atoms with Crippen molar-refractivity contribution < 1.29 is 0 Å². The first-order valence-corrected chi connectivity index (χ1v) is 23.7. The molecule has 4 heterocycles. The Kier molecular flexibility index (Phi) is 10.1. The number of hydrogen-bond acceptors (Lipinski definition) is 6. The third-order valence-corrected chi connectivity index (χ3v) is 13.3. The van der Waals surface area contributed by atoms with Crippen LogP contribution < -0.4 is 19.6 Å². The standard InChI is InChI=1S/C64H44N6/c1-5-23-47(24-6-1)61-63(69-56-36-17-13-32-52(56)67(49-27-9-3-10-28-49)53-33-14-18-37-57(53)69)60(46-42-40-45(41-43-46)51-31-21-22-44-65-51)64(62(66-61)48-25-7-2-8-26-48)70-58-38-19-15-34-54(58)68(50-29-11-4-12-30-50)55-35-16-20-39-59(55)70/h1-44H. The fourth-order valence-corrected chi connectivity index (χ4v) is 10.3. The average Bonchev–Trinajstić information content (AvgIpc) is 3.44. The van der Waals surface area contributed by atoms with Gasteiger partial charge in [-0.3, -0.25) is 4.98 Å². The zero-order chi connectivity index (χ0) is 46.4. The summed E-state index contributed by atoms with van der Waals surface area (Å²) >= 11 is 0. The smallest absolute Gasteiger partial charge is 0.0958 e. The zero-order valence-corrected chi connectivity index (χ0v) is 38.1. The maximum absolute atomic E-state index is 6.04. The monoisotopic (exact) mass is 896 g/mol. The Morgan fingerprint density at radius 1 is 0.243 bits per heavy atom. The molecule has 6 nitrogen and oxygen atoms in total. The fourth-order valence-electron chi connectivity index (χ4n) is 10.3. The molecular weight excluding hydrogens is 853 g/mol. The Labute approximate surface area is 407 Å². The van der Waals surface area contributed by atoms with Gasteiger partial charge in [0.15, 0.2) is 0 Å². The Bertz CT molecular complexity index is 3370. The fraction of sp³-hybridized carbons (Fsp3) is 0. The van der Waals surface area contributed by atoms with Gasteiger partial charge in [-0.05, 0) is 90.5 Å². The first kappa shape index (κ1) is 40.7. The van der Waals surface area contributed by atoms with Crippen LogP contribution >= 0.6 is 0 Å². The lowest BCUT2D eigenvalue weighted by Gasteiger charge is -2.44. The molecule has 0 bridgehead atoms. The van der Waals surface area contributed by atoms with E-state index < -0.39 is 0 Å². The van der Waals surface area contributed by atoms with E-state index in [1.54, 1.807) is 0 Å². The summed E-state index contributed by atoms with van der Waals surface area (Å²) in [5.74, 6) is 0. The molecule has 2 aliphatic heterocycles. The van der Waals surface area contributed by atoms with Gasteiger partial charge in [-0.1, -0.05) is 176 Å². The van der Waals surface area contributed by atoms with Gasteiger partial charge in [0, 0.05) is 39.8 Å². The van der Waals surface area contributed by atoms with Crippen LogP contribution in [-0.4, -0.2) is 9.97 Å². The van der Waals surface area contributed by atoms with Crippen LogP contribution in [0.2, 0.25) is 0 Å². The van der Waals surface area contributed by atoms with Crippen LogP contribution in [0.25, 0.3) is 44.9 Å². The van der Waals surface area contributed by atoms with E-state index in [0.29, 0.717) is 0 Å². The maximum atomic E-state index is 6.04. The normalized spacial score (nSPS) is 12.5. The van der Waals surface area contributed by atoms with Gasteiger partial charge >= 0.3 is 0 Å². The molecule has 0 aliphatic carbocycles. The second-order valence-corrected chi connectivity index (χ2v) is 17.4. The summed E-state index contributed by atoms with van der Waals surface area (Å²) in [6.07, 6.45) is 1.86. The molecule has 0 saturated carbocycles. The molecular formula is C64H44N6. The van der Waals surface area contributed by atoms with Crippen molar-refractivity contribution >= 4 is 68.2 Å². The number of benzene rings is 9. The molecule has 6 heteroatoms. The van der Waals surface area contributed by atoms with Gasteiger partial charge in [0.1, 0.15) is 0 Å². The van der Waals surface area contributed by atoms with E-state index in [1.165, 1.54) is 0 Å². The lowest BCUT2D eigenvalue weighted by Crippen LogP contribution is -2.27. The highest BCUT2D eigenvalue weighted by molar-refractivity contribution is 6.14. The molecule has 0 unspecified atom stereocenters. The number of fused-ring (bicyclic) bond motifs is 4. The second kappa shape index (κ2) is 17.3. The van der Waals surface area contributed by atoms with Gasteiger partial charge in [-0.15, -0.1) is 0 Å². The van der Waals surface area contributed by atoms with Gasteiger partial charge in [0.05, 0.1) is 74.0 Å². The van der Waals surface area contributed by atoms with Crippen molar-refractivity contribution in [2.75, 3.05) is 19.6 Å². The molecule has 330 valence electrons. The number of hydrogen-bond donors (Lipinski definition) is 0. The highest BCUT2D eigenvalue weighted by Crippen LogP contribution is 2.63. The topological polar surface area (TPSA) is 38.7 Å². The van der Waals surface area contributed by atoms with Crippen LogP contribution in [0, 0.1) is 0 Å². The quantitative estimate of drug-likeness (QED) is 0.151. The van der Waals surface area contributed by atoms with E-state index in [-0.39, 0.29) is 0 Å². The highest BCUT2D eigenvalue weighted by atomic mass is 15.3. The van der Waals surface area contributed by atoms with Crippen molar-refractivity contribution in [1.82, 2.24) is 9.97 Å². The third-order valence-electron chi connectivity index (χ3n) is 13.3. The average molecular weight is 897 g/mol. The van der Waals surface area contributed by atoms with Gasteiger partial charge in [-0.2, -0.15) is 0 Å². The molecule has 2 aromatic heterocycles. The Balaban J connectivity index is 1.21. The molecule has 0 fully saturated rings.